The fourth-order valence-corrected chi connectivity index (χ4v) is 1.24. The van der Waals surface area contributed by atoms with Crippen LogP contribution in [-0.2, 0) is 19.1 Å². The first kappa shape index (κ1) is 17.4. The molecule has 4 nitrogen and oxygen atoms in total. The first-order valence-corrected chi connectivity index (χ1v) is 6.47. The molecule has 0 rings (SSSR count). The van der Waals surface area contributed by atoms with E-state index in [4.69, 9.17) is 9.47 Å². The number of ether oxygens (including phenoxy) is 2. The van der Waals surface area contributed by atoms with E-state index >= 15 is 0 Å². The average molecular weight is 268 g/mol. The molecule has 0 saturated carbocycles. The molecule has 0 aromatic heterocycles. The molecule has 0 amide bonds. The molecule has 0 aliphatic carbocycles. The molecule has 4 heteroatoms. The monoisotopic (exact) mass is 268 g/mol. The highest BCUT2D eigenvalue weighted by Gasteiger charge is 2.13. The number of rotatable bonds is 6. The van der Waals surface area contributed by atoms with E-state index in [1.165, 1.54) is 6.08 Å². The van der Waals surface area contributed by atoms with Crippen molar-refractivity contribution in [1.29, 1.82) is 0 Å². The van der Waals surface area contributed by atoms with Gasteiger partial charge < -0.3 is 9.47 Å². The van der Waals surface area contributed by atoms with Crippen LogP contribution in [0.5, 0.6) is 0 Å². The topological polar surface area (TPSA) is 52.6 Å². The molecule has 0 aliphatic rings. The summed E-state index contributed by atoms with van der Waals surface area (Å²) in [4.78, 5) is 22.5. The standard InChI is InChI=1S/C15H24O4/c1-6-18-13(16)11-10-12(2)8-7-9-14(17)19-15(3,4)5/h7-9H,6,10-11H2,1-5H3/b9-7+,12-8+. The first-order valence-electron chi connectivity index (χ1n) is 6.47. The summed E-state index contributed by atoms with van der Waals surface area (Å²) < 4.78 is 9.95. The van der Waals surface area contributed by atoms with Gasteiger partial charge in [0.2, 0.25) is 0 Å². The molecule has 0 radical (unpaired) electrons. The number of carbonyl (C=O) groups excluding carboxylic acids is 2. The third-order valence-corrected chi connectivity index (χ3v) is 2.05. The van der Waals surface area contributed by atoms with Crippen LogP contribution in [-0.4, -0.2) is 24.1 Å². The first-order chi connectivity index (χ1) is 8.74. The Hall–Kier alpha value is -1.58. The van der Waals surface area contributed by atoms with Crippen molar-refractivity contribution in [3.8, 4) is 0 Å². The summed E-state index contributed by atoms with van der Waals surface area (Å²) in [7, 11) is 0. The van der Waals surface area contributed by atoms with Crippen LogP contribution >= 0.6 is 0 Å². The maximum Gasteiger partial charge on any atom is 0.331 e. The van der Waals surface area contributed by atoms with E-state index in [0.29, 0.717) is 19.4 Å². The Balaban J connectivity index is 4.10. The summed E-state index contributed by atoms with van der Waals surface area (Å²) in [5, 5.41) is 0. The highest BCUT2D eigenvalue weighted by atomic mass is 16.6. The summed E-state index contributed by atoms with van der Waals surface area (Å²) in [5.74, 6) is -0.576. The van der Waals surface area contributed by atoms with E-state index in [1.807, 2.05) is 27.7 Å². The minimum absolute atomic E-state index is 0.202. The molecule has 19 heavy (non-hydrogen) atoms. The Morgan fingerprint density at radius 2 is 1.79 bits per heavy atom. The predicted octanol–water partition coefficient (Wildman–Crippen LogP) is 3.17. The molecule has 0 N–H and O–H groups in total. The van der Waals surface area contributed by atoms with Gasteiger partial charge in [-0.3, -0.25) is 4.79 Å². The van der Waals surface area contributed by atoms with Gasteiger partial charge in [0.05, 0.1) is 6.61 Å². The molecule has 0 atom stereocenters. The Kier molecular flexibility index (Phi) is 7.80. The zero-order valence-electron chi connectivity index (χ0n) is 12.5. The smallest absolute Gasteiger partial charge is 0.331 e. The summed E-state index contributed by atoms with van der Waals surface area (Å²) in [6, 6.07) is 0. The normalized spacial score (nSPS) is 12.6. The van der Waals surface area contributed by atoms with Gasteiger partial charge in [0.15, 0.2) is 0 Å². The van der Waals surface area contributed by atoms with E-state index in [0.717, 1.165) is 5.57 Å². The fraction of sp³-hybridized carbons (Fsp3) is 0.600. The van der Waals surface area contributed by atoms with Crippen LogP contribution in [0.2, 0.25) is 0 Å². The number of hydrogen-bond donors (Lipinski definition) is 0. The summed E-state index contributed by atoms with van der Waals surface area (Å²) in [6.45, 7) is 9.54. The van der Waals surface area contributed by atoms with Crippen LogP contribution in [0.25, 0.3) is 0 Å². The van der Waals surface area contributed by atoms with Crippen molar-refractivity contribution in [2.45, 2.75) is 53.1 Å². The van der Waals surface area contributed by atoms with Crippen molar-refractivity contribution in [3.63, 3.8) is 0 Å². The third-order valence-electron chi connectivity index (χ3n) is 2.05. The number of hydrogen-bond acceptors (Lipinski definition) is 4. The summed E-state index contributed by atoms with van der Waals surface area (Å²) in [6.07, 6.45) is 5.78. The van der Waals surface area contributed by atoms with Gasteiger partial charge in [-0.2, -0.15) is 0 Å². The number of allylic oxidation sites excluding steroid dienone is 3. The zero-order valence-corrected chi connectivity index (χ0v) is 12.5. The van der Waals surface area contributed by atoms with Crippen molar-refractivity contribution in [3.05, 3.63) is 23.8 Å². The van der Waals surface area contributed by atoms with Gasteiger partial charge in [0.1, 0.15) is 5.60 Å². The Morgan fingerprint density at radius 1 is 1.16 bits per heavy atom. The van der Waals surface area contributed by atoms with Crippen LogP contribution in [0.4, 0.5) is 0 Å². The Labute approximate surface area is 115 Å². The average Bonchev–Trinajstić information content (AvgIpc) is 2.24. The van der Waals surface area contributed by atoms with Gasteiger partial charge in [-0.25, -0.2) is 4.79 Å². The van der Waals surface area contributed by atoms with Crippen LogP contribution < -0.4 is 0 Å². The maximum atomic E-state index is 11.4. The Morgan fingerprint density at radius 3 is 2.32 bits per heavy atom. The fourth-order valence-electron chi connectivity index (χ4n) is 1.24. The molecule has 0 aromatic carbocycles. The van der Waals surface area contributed by atoms with E-state index < -0.39 is 5.60 Å². The predicted molar refractivity (Wildman–Crippen MR) is 74.6 cm³/mol. The lowest BCUT2D eigenvalue weighted by Crippen LogP contribution is -2.22. The molecular weight excluding hydrogens is 244 g/mol. The van der Waals surface area contributed by atoms with Crippen molar-refractivity contribution in [2.75, 3.05) is 6.61 Å². The third kappa shape index (κ3) is 11.3. The highest BCUT2D eigenvalue weighted by Crippen LogP contribution is 2.08. The minimum Gasteiger partial charge on any atom is -0.466 e. The SMILES string of the molecule is CCOC(=O)CC/C(C)=C/C=C/C(=O)OC(C)(C)C. The van der Waals surface area contributed by atoms with Crippen LogP contribution in [0, 0.1) is 0 Å². The van der Waals surface area contributed by atoms with E-state index in [9.17, 15) is 9.59 Å². The quantitative estimate of drug-likeness (QED) is 0.422. The molecule has 0 aromatic rings. The van der Waals surface area contributed by atoms with E-state index in [-0.39, 0.29) is 11.9 Å². The zero-order chi connectivity index (χ0) is 14.9. The second-order valence-electron chi connectivity index (χ2n) is 5.21. The second-order valence-corrected chi connectivity index (χ2v) is 5.21. The summed E-state index contributed by atoms with van der Waals surface area (Å²) >= 11 is 0. The highest BCUT2D eigenvalue weighted by molar-refractivity contribution is 5.82. The van der Waals surface area contributed by atoms with Gasteiger partial charge in [-0.1, -0.05) is 17.7 Å². The summed E-state index contributed by atoms with van der Waals surface area (Å²) in [5.41, 5.74) is 0.525. The van der Waals surface area contributed by atoms with E-state index in [1.54, 1.807) is 19.1 Å². The number of esters is 2. The van der Waals surface area contributed by atoms with Crippen molar-refractivity contribution >= 4 is 11.9 Å². The molecule has 0 bridgehead atoms. The van der Waals surface area contributed by atoms with Crippen LogP contribution in [0.3, 0.4) is 0 Å². The minimum atomic E-state index is -0.482. The largest absolute Gasteiger partial charge is 0.466 e. The van der Waals surface area contributed by atoms with Crippen LogP contribution in [0.1, 0.15) is 47.5 Å². The van der Waals surface area contributed by atoms with Crippen molar-refractivity contribution in [2.24, 2.45) is 0 Å². The van der Waals surface area contributed by atoms with Gasteiger partial charge in [0.25, 0.3) is 0 Å². The maximum absolute atomic E-state index is 11.4. The Bertz CT molecular complexity index is 359. The lowest BCUT2D eigenvalue weighted by Gasteiger charge is -2.17. The molecule has 108 valence electrons. The van der Waals surface area contributed by atoms with Crippen LogP contribution in [0.15, 0.2) is 23.8 Å². The van der Waals surface area contributed by atoms with Gasteiger partial charge in [-0.05, 0) is 41.0 Å². The molecule has 0 aliphatic heterocycles. The van der Waals surface area contributed by atoms with Crippen molar-refractivity contribution in [1.82, 2.24) is 0 Å². The second kappa shape index (κ2) is 8.51. The molecule has 0 fully saturated rings. The van der Waals surface area contributed by atoms with Crippen molar-refractivity contribution < 1.29 is 19.1 Å². The van der Waals surface area contributed by atoms with Gasteiger partial charge in [0, 0.05) is 12.5 Å². The van der Waals surface area contributed by atoms with Gasteiger partial charge >= 0.3 is 11.9 Å². The number of carbonyl (C=O) groups is 2. The molecule has 0 heterocycles. The lowest BCUT2D eigenvalue weighted by atomic mass is 10.1. The molecule has 0 unspecified atom stereocenters. The van der Waals surface area contributed by atoms with E-state index in [2.05, 4.69) is 0 Å². The lowest BCUT2D eigenvalue weighted by molar-refractivity contribution is -0.148. The van der Waals surface area contributed by atoms with Gasteiger partial charge in [-0.15, -0.1) is 0 Å². The molecule has 0 saturated heterocycles. The molecule has 0 spiro atoms. The molecular formula is C15H24O4.